The van der Waals surface area contributed by atoms with E-state index >= 15 is 0 Å². The molecule has 1 aliphatic heterocycles. The minimum absolute atomic E-state index is 0.0538. The van der Waals surface area contributed by atoms with Crippen molar-refractivity contribution in [2.75, 3.05) is 6.54 Å². The Morgan fingerprint density at radius 1 is 1.61 bits per heavy atom. The van der Waals surface area contributed by atoms with Crippen molar-refractivity contribution in [2.24, 2.45) is 0 Å². The van der Waals surface area contributed by atoms with E-state index in [9.17, 15) is 13.2 Å². The van der Waals surface area contributed by atoms with Crippen LogP contribution in [0.2, 0.25) is 0 Å². The summed E-state index contributed by atoms with van der Waals surface area (Å²) in [6.45, 7) is 2.45. The molecule has 1 unspecified atom stereocenters. The maximum atomic E-state index is 12.4. The third-order valence-corrected chi connectivity index (χ3v) is 4.97. The lowest BCUT2D eigenvalue weighted by Gasteiger charge is -2.20. The molecule has 1 N–H and O–H groups in total. The highest BCUT2D eigenvalue weighted by molar-refractivity contribution is 7.89. The first kappa shape index (κ1) is 13.0. The number of carboxylic acids is 1. The molecule has 8 heteroatoms. The molecule has 100 valence electrons. The molecule has 1 fully saturated rings. The summed E-state index contributed by atoms with van der Waals surface area (Å²) in [6, 6.07) is 0.436. The number of aromatic nitrogens is 2. The van der Waals surface area contributed by atoms with Gasteiger partial charge in [0.15, 0.2) is 5.03 Å². The second-order valence-corrected chi connectivity index (χ2v) is 5.93. The zero-order valence-corrected chi connectivity index (χ0v) is 10.8. The summed E-state index contributed by atoms with van der Waals surface area (Å²) in [5.41, 5.74) is 0. The summed E-state index contributed by atoms with van der Waals surface area (Å²) in [7, 11) is -3.78. The summed E-state index contributed by atoms with van der Waals surface area (Å²) in [4.78, 5) is 11.1. The first-order chi connectivity index (χ1) is 8.48. The average Bonchev–Trinajstić information content (AvgIpc) is 2.98. The molecular weight excluding hydrogens is 258 g/mol. The smallest absolute Gasteiger partial charge is 0.322 e. The maximum absolute atomic E-state index is 12.4. The Hall–Kier alpha value is -1.41. The Balaban J connectivity index is 2.40. The Morgan fingerprint density at radius 2 is 2.33 bits per heavy atom. The van der Waals surface area contributed by atoms with Crippen LogP contribution < -0.4 is 0 Å². The van der Waals surface area contributed by atoms with Gasteiger partial charge in [-0.2, -0.15) is 9.40 Å². The maximum Gasteiger partial charge on any atom is 0.322 e. The molecule has 1 aromatic rings. The normalized spacial score (nSPS) is 21.3. The Labute approximate surface area is 105 Å². The zero-order chi connectivity index (χ0) is 13.3. The monoisotopic (exact) mass is 273 g/mol. The van der Waals surface area contributed by atoms with Crippen LogP contribution in [-0.2, 0) is 21.4 Å². The molecule has 0 bridgehead atoms. The van der Waals surface area contributed by atoms with Crippen LogP contribution in [0.25, 0.3) is 0 Å². The van der Waals surface area contributed by atoms with Crippen molar-refractivity contribution in [1.29, 1.82) is 0 Å². The lowest BCUT2D eigenvalue weighted by Crippen LogP contribution is -2.41. The van der Waals surface area contributed by atoms with E-state index in [-0.39, 0.29) is 11.6 Å². The average molecular weight is 273 g/mol. The quantitative estimate of drug-likeness (QED) is 0.842. The van der Waals surface area contributed by atoms with Gasteiger partial charge in [0, 0.05) is 13.1 Å². The molecule has 7 nitrogen and oxygen atoms in total. The number of sulfonamides is 1. The molecule has 2 rings (SSSR count). The fraction of sp³-hybridized carbons (Fsp3) is 0.600. The topological polar surface area (TPSA) is 92.5 Å². The highest BCUT2D eigenvalue weighted by Crippen LogP contribution is 2.25. The fourth-order valence-corrected chi connectivity index (χ4v) is 3.99. The Morgan fingerprint density at radius 3 is 2.94 bits per heavy atom. The SMILES string of the molecule is CCn1nccc1S(=O)(=O)N1CCCC1C(=O)O. The van der Waals surface area contributed by atoms with Crippen molar-refractivity contribution in [1.82, 2.24) is 14.1 Å². The van der Waals surface area contributed by atoms with Gasteiger partial charge in [0.2, 0.25) is 0 Å². The van der Waals surface area contributed by atoms with E-state index in [4.69, 9.17) is 5.11 Å². The van der Waals surface area contributed by atoms with Gasteiger partial charge in [0.25, 0.3) is 10.0 Å². The van der Waals surface area contributed by atoms with Crippen molar-refractivity contribution in [3.05, 3.63) is 12.3 Å². The molecule has 0 radical (unpaired) electrons. The summed E-state index contributed by atoms with van der Waals surface area (Å²) in [5, 5.41) is 13.0. The van der Waals surface area contributed by atoms with E-state index in [0.29, 0.717) is 19.4 Å². The van der Waals surface area contributed by atoms with Crippen molar-refractivity contribution in [2.45, 2.75) is 37.4 Å². The van der Waals surface area contributed by atoms with Crippen LogP contribution in [0.15, 0.2) is 17.3 Å². The molecule has 1 aliphatic rings. The molecule has 0 saturated carbocycles. The molecule has 1 aromatic heterocycles. The van der Waals surface area contributed by atoms with E-state index in [1.54, 1.807) is 6.92 Å². The van der Waals surface area contributed by atoms with Gasteiger partial charge < -0.3 is 5.11 Å². The van der Waals surface area contributed by atoms with Crippen molar-refractivity contribution < 1.29 is 18.3 Å². The number of carbonyl (C=O) groups is 1. The van der Waals surface area contributed by atoms with Gasteiger partial charge in [-0.3, -0.25) is 9.48 Å². The van der Waals surface area contributed by atoms with E-state index in [1.807, 2.05) is 0 Å². The van der Waals surface area contributed by atoms with Crippen molar-refractivity contribution in [3.63, 3.8) is 0 Å². The number of carboxylic acid groups (broad SMARTS) is 1. The summed E-state index contributed by atoms with van der Waals surface area (Å²) in [6.07, 6.45) is 2.33. The predicted octanol–water partition coefficient (Wildman–Crippen LogP) is 0.141. The van der Waals surface area contributed by atoms with Crippen LogP contribution in [0.5, 0.6) is 0 Å². The van der Waals surface area contributed by atoms with Crippen LogP contribution in [0, 0.1) is 0 Å². The number of aryl methyl sites for hydroxylation is 1. The van der Waals surface area contributed by atoms with E-state index in [0.717, 1.165) is 4.31 Å². The van der Waals surface area contributed by atoms with Gasteiger partial charge in [0.1, 0.15) is 6.04 Å². The minimum Gasteiger partial charge on any atom is -0.480 e. The van der Waals surface area contributed by atoms with Crippen molar-refractivity contribution >= 4 is 16.0 Å². The summed E-state index contributed by atoms with van der Waals surface area (Å²) in [5.74, 6) is -1.10. The molecule has 0 aromatic carbocycles. The largest absolute Gasteiger partial charge is 0.480 e. The Bertz CT molecular complexity index is 551. The molecule has 1 atom stereocenters. The molecule has 0 aliphatic carbocycles. The minimum atomic E-state index is -3.78. The molecule has 0 spiro atoms. The Kier molecular flexibility index (Phi) is 3.40. The van der Waals surface area contributed by atoms with Gasteiger partial charge in [-0.05, 0) is 25.8 Å². The van der Waals surface area contributed by atoms with Crippen LogP contribution in [0.3, 0.4) is 0 Å². The first-order valence-corrected chi connectivity index (χ1v) is 7.19. The van der Waals surface area contributed by atoms with Gasteiger partial charge in [0.05, 0.1) is 6.20 Å². The number of hydrogen-bond donors (Lipinski definition) is 1. The molecule has 2 heterocycles. The summed E-state index contributed by atoms with van der Waals surface area (Å²) >= 11 is 0. The van der Waals surface area contributed by atoms with E-state index in [2.05, 4.69) is 5.10 Å². The lowest BCUT2D eigenvalue weighted by molar-refractivity contribution is -0.140. The predicted molar refractivity (Wildman–Crippen MR) is 62.5 cm³/mol. The second-order valence-electron chi connectivity index (χ2n) is 4.10. The number of hydrogen-bond acceptors (Lipinski definition) is 4. The van der Waals surface area contributed by atoms with E-state index < -0.39 is 22.0 Å². The highest BCUT2D eigenvalue weighted by atomic mass is 32.2. The number of rotatable bonds is 4. The van der Waals surface area contributed by atoms with Crippen LogP contribution in [0.4, 0.5) is 0 Å². The zero-order valence-electron chi connectivity index (χ0n) is 9.98. The molecular formula is C10H15N3O4S. The van der Waals surface area contributed by atoms with Gasteiger partial charge in [-0.15, -0.1) is 0 Å². The van der Waals surface area contributed by atoms with Gasteiger partial charge in [-0.25, -0.2) is 8.42 Å². The number of aliphatic carboxylic acids is 1. The summed E-state index contributed by atoms with van der Waals surface area (Å²) < 4.78 is 27.2. The molecule has 18 heavy (non-hydrogen) atoms. The third-order valence-electron chi connectivity index (χ3n) is 3.04. The number of nitrogens with zero attached hydrogens (tertiary/aromatic N) is 3. The highest BCUT2D eigenvalue weighted by Gasteiger charge is 2.40. The third kappa shape index (κ3) is 2.01. The van der Waals surface area contributed by atoms with Crippen molar-refractivity contribution in [3.8, 4) is 0 Å². The van der Waals surface area contributed by atoms with Gasteiger partial charge in [-0.1, -0.05) is 0 Å². The van der Waals surface area contributed by atoms with Gasteiger partial charge >= 0.3 is 5.97 Å². The standard InChI is InChI=1S/C10H15N3O4S/c1-2-12-9(5-6-11-12)18(16,17)13-7-3-4-8(13)10(14)15/h5-6,8H,2-4,7H2,1H3,(H,14,15). The lowest BCUT2D eigenvalue weighted by atomic mass is 10.2. The van der Waals surface area contributed by atoms with E-state index in [1.165, 1.54) is 16.9 Å². The molecule has 0 amide bonds. The van der Waals surface area contributed by atoms with Crippen LogP contribution in [0.1, 0.15) is 19.8 Å². The van der Waals surface area contributed by atoms with Crippen LogP contribution >= 0.6 is 0 Å². The van der Waals surface area contributed by atoms with Crippen LogP contribution in [-0.4, -0.2) is 46.2 Å². The molecule has 1 saturated heterocycles. The fourth-order valence-electron chi connectivity index (χ4n) is 2.17. The second kappa shape index (κ2) is 4.69. The first-order valence-electron chi connectivity index (χ1n) is 5.75.